The molecule has 6 nitrogen and oxygen atoms in total. The van der Waals surface area contributed by atoms with Crippen LogP contribution in [0.2, 0.25) is 0 Å². The first kappa shape index (κ1) is 27.2. The fraction of sp³-hybridized carbons (Fsp3) is 0.375. The third-order valence-corrected chi connectivity index (χ3v) is 6.71. The molecule has 1 N–H and O–H groups in total. The fourth-order valence-corrected chi connectivity index (χ4v) is 4.56. The number of amides is 1. The van der Waals surface area contributed by atoms with Crippen molar-refractivity contribution in [2.45, 2.75) is 59.4 Å². The summed E-state index contributed by atoms with van der Waals surface area (Å²) in [5.41, 5.74) is 5.53. The van der Waals surface area contributed by atoms with Gasteiger partial charge >= 0.3 is 0 Å². The minimum Gasteiger partial charge on any atom is -0.493 e. The van der Waals surface area contributed by atoms with Crippen LogP contribution in [-0.2, 0) is 17.8 Å². The molecule has 0 atom stereocenters. The zero-order valence-corrected chi connectivity index (χ0v) is 22.8. The van der Waals surface area contributed by atoms with Crippen molar-refractivity contribution in [1.82, 2.24) is 14.9 Å². The van der Waals surface area contributed by atoms with Crippen LogP contribution in [0.5, 0.6) is 11.5 Å². The SMILES string of the molecule is Cc1ccc(C)c(OCC(=O)NCCCCCc2nc3ccccc3n2CCCOc2ccccc2C)c1. The third kappa shape index (κ3) is 7.60. The number of benzene rings is 3. The molecule has 3 aromatic carbocycles. The van der Waals surface area contributed by atoms with E-state index >= 15 is 0 Å². The summed E-state index contributed by atoms with van der Waals surface area (Å²) in [5, 5.41) is 2.97. The Bertz CT molecular complexity index is 1350. The summed E-state index contributed by atoms with van der Waals surface area (Å²) in [6, 6.07) is 22.5. The van der Waals surface area contributed by atoms with Crippen molar-refractivity contribution in [2.24, 2.45) is 0 Å². The number of rotatable bonds is 14. The zero-order valence-electron chi connectivity index (χ0n) is 22.8. The predicted octanol–water partition coefficient (Wildman–Crippen LogP) is 6.34. The van der Waals surface area contributed by atoms with Gasteiger partial charge in [0, 0.05) is 19.5 Å². The Labute approximate surface area is 226 Å². The Morgan fingerprint density at radius 1 is 0.842 bits per heavy atom. The molecular weight excluding hydrogens is 474 g/mol. The minimum absolute atomic E-state index is 0.0435. The second kappa shape index (κ2) is 13.7. The maximum Gasteiger partial charge on any atom is 0.257 e. The number of imidazole rings is 1. The first-order chi connectivity index (χ1) is 18.5. The van der Waals surface area contributed by atoms with Gasteiger partial charge in [-0.05, 0) is 81.0 Å². The van der Waals surface area contributed by atoms with Crippen LogP contribution in [0.15, 0.2) is 66.7 Å². The van der Waals surface area contributed by atoms with Crippen LogP contribution in [0.25, 0.3) is 11.0 Å². The Kier molecular flexibility index (Phi) is 9.79. The summed E-state index contributed by atoms with van der Waals surface area (Å²) in [6.45, 7) is 8.32. The van der Waals surface area contributed by atoms with Crippen LogP contribution in [0.4, 0.5) is 0 Å². The van der Waals surface area contributed by atoms with Gasteiger partial charge in [-0.25, -0.2) is 4.98 Å². The molecule has 1 amide bonds. The number of hydrogen-bond donors (Lipinski definition) is 1. The van der Waals surface area contributed by atoms with Crippen molar-refractivity contribution in [1.29, 1.82) is 0 Å². The van der Waals surface area contributed by atoms with E-state index in [1.807, 2.05) is 56.3 Å². The van der Waals surface area contributed by atoms with Crippen molar-refractivity contribution in [3.05, 3.63) is 89.2 Å². The first-order valence-electron chi connectivity index (χ1n) is 13.6. The van der Waals surface area contributed by atoms with E-state index in [1.165, 1.54) is 5.52 Å². The smallest absolute Gasteiger partial charge is 0.257 e. The van der Waals surface area contributed by atoms with Crippen LogP contribution < -0.4 is 14.8 Å². The highest BCUT2D eigenvalue weighted by atomic mass is 16.5. The molecule has 1 aromatic heterocycles. The number of nitrogens with one attached hydrogen (secondary N) is 1. The zero-order chi connectivity index (χ0) is 26.7. The molecule has 0 spiro atoms. The van der Waals surface area contributed by atoms with Gasteiger partial charge in [-0.2, -0.15) is 0 Å². The average Bonchev–Trinajstić information content (AvgIpc) is 3.27. The third-order valence-electron chi connectivity index (χ3n) is 6.71. The molecule has 0 saturated heterocycles. The lowest BCUT2D eigenvalue weighted by Crippen LogP contribution is -2.29. The lowest BCUT2D eigenvalue weighted by molar-refractivity contribution is -0.123. The number of ether oxygens (including phenoxy) is 2. The van der Waals surface area contributed by atoms with E-state index in [2.05, 4.69) is 41.1 Å². The van der Waals surface area contributed by atoms with Crippen LogP contribution in [-0.4, -0.2) is 35.2 Å². The van der Waals surface area contributed by atoms with E-state index in [1.54, 1.807) is 0 Å². The van der Waals surface area contributed by atoms with Crippen LogP contribution in [0, 0.1) is 20.8 Å². The van der Waals surface area contributed by atoms with Crippen LogP contribution in [0.1, 0.15) is 48.2 Å². The normalized spacial score (nSPS) is 11.0. The van der Waals surface area contributed by atoms with E-state index < -0.39 is 0 Å². The molecule has 0 aliphatic carbocycles. The number of para-hydroxylation sites is 3. The summed E-state index contributed by atoms with van der Waals surface area (Å²) in [4.78, 5) is 17.1. The van der Waals surface area contributed by atoms with Gasteiger partial charge in [-0.1, -0.05) is 48.9 Å². The predicted molar refractivity (Wildman–Crippen MR) is 153 cm³/mol. The molecule has 38 heavy (non-hydrogen) atoms. The van der Waals surface area contributed by atoms with E-state index in [0.717, 1.165) is 78.2 Å². The molecular formula is C32H39N3O3. The number of aromatic nitrogens is 2. The fourth-order valence-electron chi connectivity index (χ4n) is 4.56. The van der Waals surface area contributed by atoms with Gasteiger partial charge in [0.2, 0.25) is 0 Å². The van der Waals surface area contributed by atoms with Crippen LogP contribution in [0.3, 0.4) is 0 Å². The van der Waals surface area contributed by atoms with E-state index in [0.29, 0.717) is 13.2 Å². The van der Waals surface area contributed by atoms with Crippen molar-refractivity contribution in [3.8, 4) is 11.5 Å². The largest absolute Gasteiger partial charge is 0.493 e. The molecule has 200 valence electrons. The van der Waals surface area contributed by atoms with Gasteiger partial charge in [0.15, 0.2) is 6.61 Å². The maximum atomic E-state index is 12.2. The van der Waals surface area contributed by atoms with Gasteiger partial charge in [0.05, 0.1) is 17.6 Å². The lowest BCUT2D eigenvalue weighted by Gasteiger charge is -2.12. The monoisotopic (exact) mass is 513 g/mol. The maximum absolute atomic E-state index is 12.2. The number of nitrogens with zero attached hydrogens (tertiary/aromatic N) is 2. The number of carbonyl (C=O) groups excluding carboxylic acids is 1. The molecule has 0 fully saturated rings. The van der Waals surface area contributed by atoms with Crippen molar-refractivity contribution < 1.29 is 14.3 Å². The number of aryl methyl sites for hydroxylation is 5. The number of hydrogen-bond acceptors (Lipinski definition) is 4. The summed E-state index contributed by atoms with van der Waals surface area (Å²) in [7, 11) is 0. The Morgan fingerprint density at radius 3 is 2.50 bits per heavy atom. The van der Waals surface area contributed by atoms with Gasteiger partial charge < -0.3 is 19.4 Å². The second-order valence-electron chi connectivity index (χ2n) is 9.85. The molecule has 0 aliphatic heterocycles. The number of unbranched alkanes of at least 4 members (excludes halogenated alkanes) is 2. The summed E-state index contributed by atoms with van der Waals surface area (Å²) in [5.74, 6) is 2.76. The number of carbonyl (C=O) groups is 1. The molecule has 6 heteroatoms. The quantitative estimate of drug-likeness (QED) is 0.200. The highest BCUT2D eigenvalue weighted by molar-refractivity contribution is 5.77. The first-order valence-corrected chi connectivity index (χ1v) is 13.6. The molecule has 4 aromatic rings. The summed E-state index contributed by atoms with van der Waals surface area (Å²) >= 11 is 0. The Morgan fingerprint density at radius 2 is 1.63 bits per heavy atom. The molecule has 0 saturated carbocycles. The van der Waals surface area contributed by atoms with Gasteiger partial charge in [-0.3, -0.25) is 4.79 Å². The van der Waals surface area contributed by atoms with Gasteiger partial charge in [0.25, 0.3) is 5.91 Å². The molecule has 0 bridgehead atoms. The number of fused-ring (bicyclic) bond motifs is 1. The molecule has 1 heterocycles. The summed E-state index contributed by atoms with van der Waals surface area (Å²) in [6.07, 6.45) is 4.81. The minimum atomic E-state index is -0.0828. The van der Waals surface area contributed by atoms with Gasteiger partial charge in [-0.15, -0.1) is 0 Å². The summed E-state index contributed by atoms with van der Waals surface area (Å²) < 4.78 is 14.0. The standard InChI is InChI=1S/C32H39N3O3/c1-24-17-18-26(3)30(22-24)38-23-32(36)33-19-10-4-5-16-31-34-27-13-7-8-14-28(27)35(31)20-11-21-37-29-15-9-6-12-25(29)2/h6-9,12-15,17-18,22H,4-5,10-11,16,19-21,23H2,1-3H3,(H,33,36). The van der Waals surface area contributed by atoms with Crippen molar-refractivity contribution >= 4 is 16.9 Å². The topological polar surface area (TPSA) is 65.4 Å². The molecule has 4 rings (SSSR count). The van der Waals surface area contributed by atoms with E-state index in [9.17, 15) is 4.79 Å². The average molecular weight is 514 g/mol. The second-order valence-corrected chi connectivity index (χ2v) is 9.85. The lowest BCUT2D eigenvalue weighted by atomic mass is 10.1. The van der Waals surface area contributed by atoms with E-state index in [-0.39, 0.29) is 12.5 Å². The van der Waals surface area contributed by atoms with Crippen molar-refractivity contribution in [2.75, 3.05) is 19.8 Å². The Balaban J connectivity index is 1.19. The molecule has 0 radical (unpaired) electrons. The molecule has 0 aliphatic rings. The van der Waals surface area contributed by atoms with Crippen LogP contribution >= 0.6 is 0 Å². The highest BCUT2D eigenvalue weighted by Crippen LogP contribution is 2.20. The van der Waals surface area contributed by atoms with Crippen molar-refractivity contribution in [3.63, 3.8) is 0 Å². The Hall–Kier alpha value is -3.80. The molecule has 0 unspecified atom stereocenters. The van der Waals surface area contributed by atoms with E-state index in [4.69, 9.17) is 14.5 Å². The van der Waals surface area contributed by atoms with Gasteiger partial charge in [0.1, 0.15) is 17.3 Å². The highest BCUT2D eigenvalue weighted by Gasteiger charge is 2.11.